The van der Waals surface area contributed by atoms with E-state index in [1.165, 1.54) is 16.5 Å². The van der Waals surface area contributed by atoms with E-state index in [0.29, 0.717) is 6.04 Å². The first-order valence-electron chi connectivity index (χ1n) is 9.05. The third-order valence-electron chi connectivity index (χ3n) is 5.07. The molecule has 0 spiro atoms. The fourth-order valence-corrected chi connectivity index (χ4v) is 3.41. The van der Waals surface area contributed by atoms with Gasteiger partial charge in [-0.05, 0) is 32.1 Å². The molecule has 136 valence electrons. The van der Waals surface area contributed by atoms with Gasteiger partial charge in [-0.15, -0.1) is 0 Å². The molecule has 0 amide bonds. The predicted molar refractivity (Wildman–Crippen MR) is 105 cm³/mol. The second-order valence-corrected chi connectivity index (χ2v) is 6.89. The van der Waals surface area contributed by atoms with Crippen LogP contribution in [0.1, 0.15) is 5.56 Å². The minimum Gasteiger partial charge on any atom is -0.361 e. The van der Waals surface area contributed by atoms with Crippen LogP contribution in [0.2, 0.25) is 0 Å². The molecule has 25 heavy (non-hydrogen) atoms. The quantitative estimate of drug-likeness (QED) is 0.563. The molecule has 1 aliphatic rings. The summed E-state index contributed by atoms with van der Waals surface area (Å²) in [5, 5.41) is 8.21. The zero-order valence-corrected chi connectivity index (χ0v) is 15.5. The maximum absolute atomic E-state index is 4.35. The third-order valence-corrected chi connectivity index (χ3v) is 5.07. The number of fused-ring (bicyclic) bond motifs is 1. The molecule has 1 saturated heterocycles. The number of likely N-dealkylation sites (N-methyl/N-ethyl adjacent to an activating group) is 2. The number of hydrogen-bond donors (Lipinski definition) is 3. The van der Waals surface area contributed by atoms with E-state index >= 15 is 0 Å². The monoisotopic (exact) mass is 342 g/mol. The summed E-state index contributed by atoms with van der Waals surface area (Å²) >= 11 is 0. The number of hydrogen-bond acceptors (Lipinski definition) is 3. The second-order valence-electron chi connectivity index (χ2n) is 6.89. The molecular weight excluding hydrogens is 312 g/mol. The Bertz CT molecular complexity index is 707. The molecular formula is C19H30N6. The summed E-state index contributed by atoms with van der Waals surface area (Å²) in [6, 6.07) is 8.96. The topological polar surface area (TPSA) is 58.7 Å². The highest BCUT2D eigenvalue weighted by Gasteiger charge is 2.21. The highest BCUT2D eigenvalue weighted by molar-refractivity contribution is 5.83. The number of aromatic amines is 1. The van der Waals surface area contributed by atoms with Crippen LogP contribution in [-0.4, -0.2) is 80.7 Å². The molecule has 0 radical (unpaired) electrons. The Balaban J connectivity index is 1.46. The van der Waals surface area contributed by atoms with Gasteiger partial charge in [0.1, 0.15) is 0 Å². The lowest BCUT2D eigenvalue weighted by atomic mass is 10.1. The van der Waals surface area contributed by atoms with E-state index in [-0.39, 0.29) is 0 Å². The molecule has 0 bridgehead atoms. The van der Waals surface area contributed by atoms with Crippen molar-refractivity contribution in [2.45, 2.75) is 12.5 Å². The summed E-state index contributed by atoms with van der Waals surface area (Å²) in [4.78, 5) is 12.5. The van der Waals surface area contributed by atoms with Crippen molar-refractivity contribution in [3.8, 4) is 0 Å². The lowest BCUT2D eigenvalue weighted by Gasteiger charge is -2.37. The maximum atomic E-state index is 4.35. The molecule has 0 saturated carbocycles. The molecule has 0 aliphatic carbocycles. The Morgan fingerprint density at radius 3 is 2.92 bits per heavy atom. The molecule has 6 nitrogen and oxygen atoms in total. The van der Waals surface area contributed by atoms with Crippen LogP contribution in [0.3, 0.4) is 0 Å². The molecule has 1 aromatic carbocycles. The van der Waals surface area contributed by atoms with Crippen molar-refractivity contribution in [2.75, 3.05) is 53.9 Å². The van der Waals surface area contributed by atoms with Gasteiger partial charge >= 0.3 is 0 Å². The fraction of sp³-hybridized carbons (Fsp3) is 0.526. The Hall–Kier alpha value is -2.05. The number of rotatable bonds is 5. The zero-order chi connectivity index (χ0) is 17.6. The van der Waals surface area contributed by atoms with E-state index in [1.807, 2.05) is 7.05 Å². The third kappa shape index (κ3) is 4.52. The maximum Gasteiger partial charge on any atom is 0.191 e. The summed E-state index contributed by atoms with van der Waals surface area (Å²) in [5.41, 5.74) is 2.54. The SMILES string of the molecule is CN=C(NCCc1c[nH]c2ccccc12)NCC1CN(C)CCN1C. The van der Waals surface area contributed by atoms with Crippen molar-refractivity contribution in [3.63, 3.8) is 0 Å². The van der Waals surface area contributed by atoms with Crippen LogP contribution in [0.5, 0.6) is 0 Å². The van der Waals surface area contributed by atoms with Gasteiger partial charge in [0, 0.05) is 62.9 Å². The van der Waals surface area contributed by atoms with Crippen LogP contribution < -0.4 is 10.6 Å². The van der Waals surface area contributed by atoms with Crippen molar-refractivity contribution in [2.24, 2.45) is 4.99 Å². The van der Waals surface area contributed by atoms with Gasteiger partial charge in [0.05, 0.1) is 0 Å². The van der Waals surface area contributed by atoms with E-state index in [0.717, 1.165) is 45.1 Å². The molecule has 1 unspecified atom stereocenters. The number of guanidine groups is 1. The largest absolute Gasteiger partial charge is 0.361 e. The summed E-state index contributed by atoms with van der Waals surface area (Å²) in [7, 11) is 6.22. The summed E-state index contributed by atoms with van der Waals surface area (Å²) in [5.74, 6) is 0.876. The van der Waals surface area contributed by atoms with E-state index in [4.69, 9.17) is 0 Å². The standard InChI is InChI=1S/C19H30N6/c1-20-19(23-13-16-14-24(2)10-11-25(16)3)21-9-8-15-12-22-18-7-5-4-6-17(15)18/h4-7,12,16,22H,8-11,13-14H2,1-3H3,(H2,20,21,23). The normalized spacial score (nSPS) is 20.1. The van der Waals surface area contributed by atoms with Gasteiger partial charge in [0.2, 0.25) is 0 Å². The molecule has 3 N–H and O–H groups in total. The summed E-state index contributed by atoms with van der Waals surface area (Å²) < 4.78 is 0. The number of aromatic nitrogens is 1. The molecule has 3 rings (SSSR count). The highest BCUT2D eigenvalue weighted by atomic mass is 15.3. The van der Waals surface area contributed by atoms with Crippen LogP contribution in [0.15, 0.2) is 35.5 Å². The van der Waals surface area contributed by atoms with Crippen molar-refractivity contribution in [1.29, 1.82) is 0 Å². The average Bonchev–Trinajstić information content (AvgIpc) is 3.04. The fourth-order valence-electron chi connectivity index (χ4n) is 3.41. The molecule has 2 aromatic rings. The number of nitrogens with zero attached hydrogens (tertiary/aromatic N) is 3. The molecule has 1 aliphatic heterocycles. The molecule has 1 fully saturated rings. The Kier molecular flexibility index (Phi) is 5.94. The lowest BCUT2D eigenvalue weighted by molar-refractivity contribution is 0.116. The number of benzene rings is 1. The van der Waals surface area contributed by atoms with Gasteiger partial charge in [0.15, 0.2) is 5.96 Å². The number of piperazine rings is 1. The minimum atomic E-state index is 0.519. The van der Waals surface area contributed by atoms with Crippen LogP contribution in [0.4, 0.5) is 0 Å². The van der Waals surface area contributed by atoms with Gasteiger partial charge in [-0.25, -0.2) is 0 Å². The minimum absolute atomic E-state index is 0.519. The van der Waals surface area contributed by atoms with E-state index in [1.54, 1.807) is 0 Å². The van der Waals surface area contributed by atoms with Gasteiger partial charge in [-0.3, -0.25) is 9.89 Å². The number of para-hydroxylation sites is 1. The van der Waals surface area contributed by atoms with E-state index in [9.17, 15) is 0 Å². The van der Waals surface area contributed by atoms with E-state index < -0.39 is 0 Å². The smallest absolute Gasteiger partial charge is 0.191 e. The first kappa shape index (κ1) is 17.8. The zero-order valence-electron chi connectivity index (χ0n) is 15.5. The summed E-state index contributed by atoms with van der Waals surface area (Å²) in [6.07, 6.45) is 3.08. The number of aliphatic imine (C=N–C) groups is 1. The highest BCUT2D eigenvalue weighted by Crippen LogP contribution is 2.17. The average molecular weight is 342 g/mol. The van der Waals surface area contributed by atoms with Crippen LogP contribution in [0.25, 0.3) is 10.9 Å². The molecule has 1 aromatic heterocycles. The van der Waals surface area contributed by atoms with Crippen molar-refractivity contribution >= 4 is 16.9 Å². The van der Waals surface area contributed by atoms with Crippen molar-refractivity contribution in [1.82, 2.24) is 25.4 Å². The van der Waals surface area contributed by atoms with Crippen molar-refractivity contribution < 1.29 is 0 Å². The first-order valence-corrected chi connectivity index (χ1v) is 9.05. The van der Waals surface area contributed by atoms with Gasteiger partial charge < -0.3 is 20.5 Å². The second kappa shape index (κ2) is 8.36. The van der Waals surface area contributed by atoms with Crippen LogP contribution in [-0.2, 0) is 6.42 Å². The predicted octanol–water partition coefficient (Wildman–Crippen LogP) is 1.12. The summed E-state index contributed by atoms with van der Waals surface area (Å²) in [6.45, 7) is 5.13. The molecule has 1 atom stereocenters. The molecule has 2 heterocycles. The Morgan fingerprint density at radius 1 is 1.24 bits per heavy atom. The van der Waals surface area contributed by atoms with Gasteiger partial charge in [-0.2, -0.15) is 0 Å². The van der Waals surface area contributed by atoms with Crippen LogP contribution >= 0.6 is 0 Å². The van der Waals surface area contributed by atoms with Crippen LogP contribution in [0, 0.1) is 0 Å². The molecule has 6 heteroatoms. The Labute approximate surface area is 150 Å². The van der Waals surface area contributed by atoms with Crippen molar-refractivity contribution in [3.05, 3.63) is 36.0 Å². The first-order chi connectivity index (χ1) is 12.2. The van der Waals surface area contributed by atoms with Gasteiger partial charge in [-0.1, -0.05) is 18.2 Å². The lowest BCUT2D eigenvalue weighted by Crippen LogP contribution is -2.55. The Morgan fingerprint density at radius 2 is 2.08 bits per heavy atom. The number of H-pyrrole nitrogens is 1. The van der Waals surface area contributed by atoms with E-state index in [2.05, 4.69) is 75.0 Å². The number of nitrogens with one attached hydrogen (secondary N) is 3. The van der Waals surface area contributed by atoms with Gasteiger partial charge in [0.25, 0.3) is 0 Å².